The standard InChI is InChI=1S/C21H31BrN2O3/c1-5-6-11-23-20(25)17-9-8-15(3)24(13-17)21(26)16(4)27-19-10-7-14(2)12-18(19)22/h7,10,12,15-17H,5-6,8-9,11,13H2,1-4H3,(H,23,25). The summed E-state index contributed by atoms with van der Waals surface area (Å²) in [6.45, 7) is 9.08. The number of ether oxygens (including phenoxy) is 1. The molecule has 1 saturated heterocycles. The maximum atomic E-state index is 13.0. The van der Waals surface area contributed by atoms with Gasteiger partial charge in [0.1, 0.15) is 5.75 Å². The van der Waals surface area contributed by atoms with E-state index in [1.807, 2.05) is 32.0 Å². The van der Waals surface area contributed by atoms with Crippen molar-refractivity contribution in [3.8, 4) is 5.75 Å². The summed E-state index contributed by atoms with van der Waals surface area (Å²) in [6, 6.07) is 5.90. The summed E-state index contributed by atoms with van der Waals surface area (Å²) in [4.78, 5) is 27.2. The van der Waals surface area contributed by atoms with Crippen LogP contribution in [0.5, 0.6) is 5.75 Å². The Morgan fingerprint density at radius 2 is 2.11 bits per heavy atom. The molecular weight excluding hydrogens is 408 g/mol. The highest BCUT2D eigenvalue weighted by Gasteiger charge is 2.35. The van der Waals surface area contributed by atoms with E-state index in [0.29, 0.717) is 18.8 Å². The van der Waals surface area contributed by atoms with Gasteiger partial charge in [0.15, 0.2) is 6.10 Å². The van der Waals surface area contributed by atoms with Gasteiger partial charge in [0.25, 0.3) is 5.91 Å². The van der Waals surface area contributed by atoms with Crippen molar-refractivity contribution in [1.29, 1.82) is 0 Å². The fraction of sp³-hybridized carbons (Fsp3) is 0.619. The molecule has 1 aromatic carbocycles. The molecule has 5 nitrogen and oxygen atoms in total. The minimum absolute atomic E-state index is 0.0583. The number of nitrogens with one attached hydrogen (secondary N) is 1. The maximum absolute atomic E-state index is 13.0. The van der Waals surface area contributed by atoms with Crippen molar-refractivity contribution in [2.24, 2.45) is 5.92 Å². The summed E-state index contributed by atoms with van der Waals surface area (Å²) >= 11 is 3.49. The molecule has 1 fully saturated rings. The third kappa shape index (κ3) is 5.96. The summed E-state index contributed by atoms with van der Waals surface area (Å²) in [7, 11) is 0. The van der Waals surface area contributed by atoms with Crippen molar-refractivity contribution >= 4 is 27.7 Å². The predicted octanol–water partition coefficient (Wildman–Crippen LogP) is 4.07. The van der Waals surface area contributed by atoms with Gasteiger partial charge >= 0.3 is 0 Å². The molecule has 3 atom stereocenters. The van der Waals surface area contributed by atoms with Crippen molar-refractivity contribution < 1.29 is 14.3 Å². The number of nitrogens with zero attached hydrogens (tertiary/aromatic N) is 1. The molecule has 1 aliphatic heterocycles. The first kappa shape index (κ1) is 21.7. The second-order valence-corrected chi connectivity index (χ2v) is 8.31. The zero-order chi connectivity index (χ0) is 20.0. The van der Waals surface area contributed by atoms with Gasteiger partial charge in [-0.25, -0.2) is 0 Å². The Hall–Kier alpha value is -1.56. The number of rotatable bonds is 7. The van der Waals surface area contributed by atoms with Crippen LogP contribution in [0, 0.1) is 12.8 Å². The Morgan fingerprint density at radius 3 is 2.78 bits per heavy atom. The van der Waals surface area contributed by atoms with Crippen LogP contribution in [-0.4, -0.2) is 41.9 Å². The van der Waals surface area contributed by atoms with E-state index in [4.69, 9.17) is 4.74 Å². The van der Waals surface area contributed by atoms with Gasteiger partial charge in [0, 0.05) is 19.1 Å². The molecule has 27 heavy (non-hydrogen) atoms. The number of unbranched alkanes of at least 4 members (excludes halogenated alkanes) is 1. The van der Waals surface area contributed by atoms with E-state index in [1.165, 1.54) is 0 Å². The lowest BCUT2D eigenvalue weighted by molar-refractivity contribution is -0.144. The first-order valence-electron chi connectivity index (χ1n) is 9.84. The number of carbonyl (C=O) groups is 2. The highest BCUT2D eigenvalue weighted by Crippen LogP contribution is 2.28. The van der Waals surface area contributed by atoms with E-state index < -0.39 is 6.10 Å². The van der Waals surface area contributed by atoms with E-state index in [9.17, 15) is 9.59 Å². The third-order valence-electron chi connectivity index (χ3n) is 5.10. The molecule has 3 unspecified atom stereocenters. The fourth-order valence-electron chi connectivity index (χ4n) is 3.34. The van der Waals surface area contributed by atoms with Crippen LogP contribution in [0.1, 0.15) is 52.0 Å². The molecule has 1 aliphatic rings. The zero-order valence-electron chi connectivity index (χ0n) is 16.8. The van der Waals surface area contributed by atoms with E-state index in [1.54, 1.807) is 11.8 Å². The van der Waals surface area contributed by atoms with Gasteiger partial charge < -0.3 is 15.0 Å². The van der Waals surface area contributed by atoms with Gasteiger partial charge in [-0.3, -0.25) is 9.59 Å². The molecule has 0 aromatic heterocycles. The smallest absolute Gasteiger partial charge is 0.263 e. The van der Waals surface area contributed by atoms with E-state index in [2.05, 4.69) is 28.2 Å². The van der Waals surface area contributed by atoms with Crippen LogP contribution in [0.2, 0.25) is 0 Å². The Balaban J connectivity index is 1.98. The average Bonchev–Trinajstić information content (AvgIpc) is 2.63. The summed E-state index contributed by atoms with van der Waals surface area (Å²) in [6.07, 6.45) is 3.08. The van der Waals surface area contributed by atoms with Crippen molar-refractivity contribution in [3.63, 3.8) is 0 Å². The monoisotopic (exact) mass is 438 g/mol. The number of halogens is 1. The molecule has 0 spiro atoms. The minimum atomic E-state index is -0.603. The quantitative estimate of drug-likeness (QED) is 0.652. The van der Waals surface area contributed by atoms with Crippen LogP contribution in [0.25, 0.3) is 0 Å². The molecule has 0 aliphatic carbocycles. The second-order valence-electron chi connectivity index (χ2n) is 7.45. The molecule has 0 saturated carbocycles. The number of piperidine rings is 1. The van der Waals surface area contributed by atoms with Gasteiger partial charge in [0.2, 0.25) is 5.91 Å². The van der Waals surface area contributed by atoms with Crippen LogP contribution < -0.4 is 10.1 Å². The summed E-state index contributed by atoms with van der Waals surface area (Å²) < 4.78 is 6.74. The minimum Gasteiger partial charge on any atom is -0.480 e. The SMILES string of the molecule is CCCCNC(=O)C1CCC(C)N(C(=O)C(C)Oc2ccc(C)cc2Br)C1. The number of hydrogen-bond donors (Lipinski definition) is 1. The van der Waals surface area contributed by atoms with Gasteiger partial charge in [-0.15, -0.1) is 0 Å². The normalized spacial score (nSPS) is 20.9. The van der Waals surface area contributed by atoms with Crippen LogP contribution in [0.15, 0.2) is 22.7 Å². The molecule has 150 valence electrons. The molecule has 1 aromatic rings. The van der Waals surface area contributed by atoms with Crippen LogP contribution in [0.4, 0.5) is 0 Å². The molecule has 0 bridgehead atoms. The van der Waals surface area contributed by atoms with Gasteiger partial charge in [-0.05, 0) is 73.7 Å². The Kier molecular flexibility index (Phi) is 8.14. The lowest BCUT2D eigenvalue weighted by atomic mass is 9.92. The van der Waals surface area contributed by atoms with Gasteiger partial charge in [-0.2, -0.15) is 0 Å². The molecule has 2 amide bonds. The van der Waals surface area contributed by atoms with Crippen LogP contribution >= 0.6 is 15.9 Å². The summed E-state index contributed by atoms with van der Waals surface area (Å²) in [5, 5.41) is 3.00. The molecule has 0 radical (unpaired) electrons. The summed E-state index contributed by atoms with van der Waals surface area (Å²) in [5.74, 6) is 0.504. The molecule has 6 heteroatoms. The van der Waals surface area contributed by atoms with Crippen molar-refractivity contribution in [1.82, 2.24) is 10.2 Å². The number of carbonyl (C=O) groups excluding carboxylic acids is 2. The number of likely N-dealkylation sites (tertiary alicyclic amines) is 1. The van der Waals surface area contributed by atoms with Crippen molar-refractivity contribution in [2.45, 2.75) is 65.5 Å². The number of benzene rings is 1. The predicted molar refractivity (Wildman–Crippen MR) is 111 cm³/mol. The Morgan fingerprint density at radius 1 is 1.37 bits per heavy atom. The number of amides is 2. The largest absolute Gasteiger partial charge is 0.480 e. The lowest BCUT2D eigenvalue weighted by Crippen LogP contribution is -2.52. The van der Waals surface area contributed by atoms with Gasteiger partial charge in [0.05, 0.1) is 10.4 Å². The first-order chi connectivity index (χ1) is 12.8. The van der Waals surface area contributed by atoms with Crippen LogP contribution in [0.3, 0.4) is 0 Å². The first-order valence-corrected chi connectivity index (χ1v) is 10.6. The Labute approximate surface area is 171 Å². The molecule has 2 rings (SSSR count). The third-order valence-corrected chi connectivity index (χ3v) is 5.72. The highest BCUT2D eigenvalue weighted by molar-refractivity contribution is 9.10. The van der Waals surface area contributed by atoms with Crippen molar-refractivity contribution in [3.05, 3.63) is 28.2 Å². The zero-order valence-corrected chi connectivity index (χ0v) is 18.3. The topological polar surface area (TPSA) is 58.6 Å². The Bertz CT molecular complexity index is 665. The lowest BCUT2D eigenvalue weighted by Gasteiger charge is -2.38. The highest BCUT2D eigenvalue weighted by atomic mass is 79.9. The second kappa shape index (κ2) is 10.1. The van der Waals surface area contributed by atoms with E-state index in [0.717, 1.165) is 35.7 Å². The number of aryl methyl sites for hydroxylation is 1. The van der Waals surface area contributed by atoms with Gasteiger partial charge in [-0.1, -0.05) is 19.4 Å². The van der Waals surface area contributed by atoms with Crippen LogP contribution in [-0.2, 0) is 9.59 Å². The van der Waals surface area contributed by atoms with E-state index in [-0.39, 0.29) is 23.8 Å². The molecule has 1 N–H and O–H groups in total. The summed E-state index contributed by atoms with van der Waals surface area (Å²) in [5.41, 5.74) is 1.12. The number of hydrogen-bond acceptors (Lipinski definition) is 3. The molecule has 1 heterocycles. The molecular formula is C21H31BrN2O3. The fourth-order valence-corrected chi connectivity index (χ4v) is 3.92. The van der Waals surface area contributed by atoms with E-state index >= 15 is 0 Å². The maximum Gasteiger partial charge on any atom is 0.263 e. The van der Waals surface area contributed by atoms with Crippen molar-refractivity contribution in [2.75, 3.05) is 13.1 Å². The average molecular weight is 439 g/mol.